The number of fused-ring (bicyclic) bond motifs is 1. The normalized spacial score (nSPS) is 9.46. The minimum absolute atomic E-state index is 1.10. The van der Waals surface area contributed by atoms with Gasteiger partial charge in [-0.1, -0.05) is 41.1 Å². The fraction of sp³-hybridized carbons (Fsp3) is 0.273. The molecule has 2 aromatic rings. The smallest absolute Gasteiger partial charge is 0.0456 e. The molecule has 1 aromatic heterocycles. The van der Waals surface area contributed by atoms with Gasteiger partial charge >= 0.3 is 0 Å². The number of rotatable bonds is 1. The SMILES string of the molecule is CBr.CCc1c[nH]c2ccccc12. The Balaban J connectivity index is 0.000000396. The lowest BCUT2D eigenvalue weighted by atomic mass is 10.1. The van der Waals surface area contributed by atoms with Crippen molar-refractivity contribution in [1.82, 2.24) is 4.98 Å². The molecule has 0 amide bonds. The van der Waals surface area contributed by atoms with Gasteiger partial charge in [-0.25, -0.2) is 0 Å². The Bertz CT molecular complexity index is 365. The minimum Gasteiger partial charge on any atom is -0.361 e. The Hall–Kier alpha value is -0.760. The topological polar surface area (TPSA) is 15.8 Å². The molecule has 0 aliphatic carbocycles. The molecule has 0 saturated carbocycles. The van der Waals surface area contributed by atoms with Gasteiger partial charge in [0.15, 0.2) is 0 Å². The van der Waals surface area contributed by atoms with E-state index in [-0.39, 0.29) is 0 Å². The van der Waals surface area contributed by atoms with Crippen molar-refractivity contribution < 1.29 is 0 Å². The molecule has 0 saturated heterocycles. The molecule has 0 fully saturated rings. The highest BCUT2D eigenvalue weighted by Gasteiger charge is 1.97. The van der Waals surface area contributed by atoms with Gasteiger partial charge in [0.2, 0.25) is 0 Å². The summed E-state index contributed by atoms with van der Waals surface area (Å²) in [5, 5.41) is 1.36. The summed E-state index contributed by atoms with van der Waals surface area (Å²) in [5.41, 5.74) is 2.64. The van der Waals surface area contributed by atoms with E-state index in [1.165, 1.54) is 16.5 Å². The highest BCUT2D eigenvalue weighted by Crippen LogP contribution is 2.17. The molecule has 13 heavy (non-hydrogen) atoms. The summed E-state index contributed by atoms with van der Waals surface area (Å²) >= 11 is 2.94. The molecule has 1 N–H and O–H groups in total. The van der Waals surface area contributed by atoms with Crippen LogP contribution in [0.15, 0.2) is 30.5 Å². The van der Waals surface area contributed by atoms with Crippen LogP contribution in [0.3, 0.4) is 0 Å². The van der Waals surface area contributed by atoms with Crippen molar-refractivity contribution in [3.8, 4) is 0 Å². The van der Waals surface area contributed by atoms with E-state index in [1.807, 2.05) is 5.83 Å². The number of aromatic nitrogens is 1. The summed E-state index contributed by atoms with van der Waals surface area (Å²) in [4.78, 5) is 3.24. The number of hydrogen-bond donors (Lipinski definition) is 1. The second-order valence-corrected chi connectivity index (χ2v) is 2.71. The van der Waals surface area contributed by atoms with E-state index in [1.54, 1.807) is 0 Å². The standard InChI is InChI=1S/C10H11N.CH3Br/c1-2-8-7-11-10-6-4-3-5-9(8)10;1-2/h3-7,11H,2H2,1H3;1H3. The molecule has 70 valence electrons. The van der Waals surface area contributed by atoms with E-state index in [0.717, 1.165) is 6.42 Å². The van der Waals surface area contributed by atoms with Gasteiger partial charge in [-0.3, -0.25) is 0 Å². The van der Waals surface area contributed by atoms with Crippen LogP contribution >= 0.6 is 15.9 Å². The van der Waals surface area contributed by atoms with Gasteiger partial charge in [0.05, 0.1) is 0 Å². The van der Waals surface area contributed by atoms with Crippen LogP contribution in [0.2, 0.25) is 0 Å². The van der Waals surface area contributed by atoms with E-state index in [0.29, 0.717) is 0 Å². The largest absolute Gasteiger partial charge is 0.361 e. The Morgan fingerprint density at radius 2 is 1.92 bits per heavy atom. The quantitative estimate of drug-likeness (QED) is 0.731. The van der Waals surface area contributed by atoms with Crippen LogP contribution in [0.5, 0.6) is 0 Å². The Kier molecular flexibility index (Phi) is 4.03. The average Bonchev–Trinajstić information content (AvgIpc) is 2.64. The summed E-state index contributed by atoms with van der Waals surface area (Å²) in [5.74, 6) is 1.81. The van der Waals surface area contributed by atoms with E-state index in [2.05, 4.69) is 58.3 Å². The zero-order valence-electron chi connectivity index (χ0n) is 7.97. The van der Waals surface area contributed by atoms with Crippen LogP contribution in [-0.4, -0.2) is 10.8 Å². The number of alkyl halides is 1. The maximum atomic E-state index is 3.24. The summed E-state index contributed by atoms with van der Waals surface area (Å²) < 4.78 is 0. The number of halogens is 1. The van der Waals surface area contributed by atoms with E-state index >= 15 is 0 Å². The van der Waals surface area contributed by atoms with E-state index in [4.69, 9.17) is 0 Å². The van der Waals surface area contributed by atoms with Crippen molar-refractivity contribution >= 4 is 26.8 Å². The van der Waals surface area contributed by atoms with Gasteiger partial charge in [0.1, 0.15) is 0 Å². The molecule has 1 heterocycles. The first-order valence-electron chi connectivity index (χ1n) is 4.34. The van der Waals surface area contributed by atoms with Crippen molar-refractivity contribution in [3.05, 3.63) is 36.0 Å². The molecule has 0 unspecified atom stereocenters. The zero-order chi connectivity index (χ0) is 9.68. The highest BCUT2D eigenvalue weighted by molar-refractivity contribution is 9.08. The fourth-order valence-corrected chi connectivity index (χ4v) is 1.42. The Labute approximate surface area is 87.3 Å². The predicted molar refractivity (Wildman–Crippen MR) is 62.5 cm³/mol. The van der Waals surface area contributed by atoms with Crippen molar-refractivity contribution in [2.24, 2.45) is 0 Å². The molecule has 2 rings (SSSR count). The lowest BCUT2D eigenvalue weighted by Crippen LogP contribution is -1.72. The van der Waals surface area contributed by atoms with Crippen molar-refractivity contribution in [3.63, 3.8) is 0 Å². The number of benzene rings is 1. The monoisotopic (exact) mass is 239 g/mol. The first kappa shape index (κ1) is 10.3. The second kappa shape index (κ2) is 5.07. The highest BCUT2D eigenvalue weighted by atomic mass is 79.9. The van der Waals surface area contributed by atoms with E-state index in [9.17, 15) is 0 Å². The van der Waals surface area contributed by atoms with Gasteiger partial charge in [-0.15, -0.1) is 0 Å². The molecule has 1 aromatic carbocycles. The number of aryl methyl sites for hydroxylation is 1. The third-order valence-electron chi connectivity index (χ3n) is 2.06. The average molecular weight is 240 g/mol. The van der Waals surface area contributed by atoms with Gasteiger partial charge in [-0.05, 0) is 23.9 Å². The summed E-state index contributed by atoms with van der Waals surface area (Å²) in [6.45, 7) is 2.18. The van der Waals surface area contributed by atoms with Gasteiger partial charge < -0.3 is 4.98 Å². The minimum atomic E-state index is 1.10. The maximum absolute atomic E-state index is 3.24. The van der Waals surface area contributed by atoms with Crippen molar-refractivity contribution in [2.75, 3.05) is 5.83 Å². The number of para-hydroxylation sites is 1. The molecule has 0 radical (unpaired) electrons. The van der Waals surface area contributed by atoms with Gasteiger partial charge in [-0.2, -0.15) is 0 Å². The van der Waals surface area contributed by atoms with Gasteiger partial charge in [0, 0.05) is 17.1 Å². The van der Waals surface area contributed by atoms with Crippen LogP contribution in [0.25, 0.3) is 10.9 Å². The lowest BCUT2D eigenvalue weighted by Gasteiger charge is -1.90. The molecule has 0 atom stereocenters. The Morgan fingerprint density at radius 1 is 1.23 bits per heavy atom. The molecule has 0 spiro atoms. The third-order valence-corrected chi connectivity index (χ3v) is 2.06. The van der Waals surface area contributed by atoms with Gasteiger partial charge in [0.25, 0.3) is 0 Å². The molecule has 0 bridgehead atoms. The van der Waals surface area contributed by atoms with Crippen LogP contribution < -0.4 is 0 Å². The van der Waals surface area contributed by atoms with Crippen molar-refractivity contribution in [1.29, 1.82) is 0 Å². The summed E-state index contributed by atoms with van der Waals surface area (Å²) in [6, 6.07) is 8.40. The molecular formula is C11H14BrN. The maximum Gasteiger partial charge on any atom is 0.0456 e. The van der Waals surface area contributed by atoms with Crippen LogP contribution in [-0.2, 0) is 6.42 Å². The molecule has 0 aliphatic rings. The molecular weight excluding hydrogens is 226 g/mol. The lowest BCUT2D eigenvalue weighted by molar-refractivity contribution is 1.15. The van der Waals surface area contributed by atoms with Crippen molar-refractivity contribution in [2.45, 2.75) is 13.3 Å². The molecule has 1 nitrogen and oxygen atoms in total. The van der Waals surface area contributed by atoms with Crippen LogP contribution in [0.1, 0.15) is 12.5 Å². The van der Waals surface area contributed by atoms with Crippen LogP contribution in [0.4, 0.5) is 0 Å². The number of aromatic amines is 1. The molecule has 0 aliphatic heterocycles. The first-order chi connectivity index (χ1) is 6.42. The molecule has 2 heteroatoms. The first-order valence-corrected chi connectivity index (χ1v) is 5.93. The predicted octanol–water partition coefficient (Wildman–Crippen LogP) is 3.74. The third kappa shape index (κ3) is 2.13. The fourth-order valence-electron chi connectivity index (χ4n) is 1.42. The van der Waals surface area contributed by atoms with Crippen LogP contribution in [0, 0.1) is 0 Å². The van der Waals surface area contributed by atoms with E-state index < -0.39 is 0 Å². The second-order valence-electron chi connectivity index (χ2n) is 2.71. The Morgan fingerprint density at radius 3 is 2.62 bits per heavy atom. The number of hydrogen-bond acceptors (Lipinski definition) is 0. The summed E-state index contributed by atoms with van der Waals surface area (Å²) in [6.07, 6.45) is 3.19. The summed E-state index contributed by atoms with van der Waals surface area (Å²) in [7, 11) is 0. The number of H-pyrrole nitrogens is 1. The zero-order valence-corrected chi connectivity index (χ0v) is 9.56. The number of nitrogens with one attached hydrogen (secondary N) is 1.